The van der Waals surface area contributed by atoms with Crippen molar-refractivity contribution in [2.24, 2.45) is 5.92 Å². The van der Waals surface area contributed by atoms with E-state index in [9.17, 15) is 14.4 Å². The van der Waals surface area contributed by atoms with Crippen LogP contribution in [-0.2, 0) is 28.6 Å². The molecule has 0 aliphatic carbocycles. The van der Waals surface area contributed by atoms with Gasteiger partial charge in [-0.15, -0.1) is 0 Å². The normalized spacial score (nSPS) is 12.4. The van der Waals surface area contributed by atoms with E-state index >= 15 is 0 Å². The number of hydrogen-bond acceptors (Lipinski definition) is 6. The van der Waals surface area contributed by atoms with Crippen molar-refractivity contribution in [3.8, 4) is 0 Å². The number of ether oxygens (including phenoxy) is 3. The summed E-state index contributed by atoms with van der Waals surface area (Å²) in [6, 6.07) is 0. The van der Waals surface area contributed by atoms with Crippen molar-refractivity contribution >= 4 is 17.9 Å². The molecule has 0 bridgehead atoms. The quantitative estimate of drug-likeness (QED) is 0.0345. The Morgan fingerprint density at radius 2 is 0.593 bits per heavy atom. The van der Waals surface area contributed by atoms with Gasteiger partial charge in [-0.25, -0.2) is 0 Å². The van der Waals surface area contributed by atoms with Crippen LogP contribution in [-0.4, -0.2) is 37.2 Å². The Hall–Kier alpha value is -1.59. The molecule has 0 aliphatic rings. The minimum atomic E-state index is -0.759. The van der Waals surface area contributed by atoms with Gasteiger partial charge < -0.3 is 14.2 Å². The Morgan fingerprint density at radius 1 is 0.339 bits per heavy atom. The molecule has 1 unspecified atom stereocenters. The van der Waals surface area contributed by atoms with Crippen molar-refractivity contribution in [3.63, 3.8) is 0 Å². The fraction of sp³-hybridized carbons (Fsp3) is 0.943. The summed E-state index contributed by atoms with van der Waals surface area (Å²) in [5.41, 5.74) is 0. The van der Waals surface area contributed by atoms with Gasteiger partial charge in [0.2, 0.25) is 0 Å². The van der Waals surface area contributed by atoms with Crippen LogP contribution in [0.15, 0.2) is 0 Å². The minimum absolute atomic E-state index is 0.0630. The lowest BCUT2D eigenvalue weighted by molar-refractivity contribution is -0.167. The van der Waals surface area contributed by atoms with E-state index in [0.29, 0.717) is 19.3 Å². The Kier molecular flexibility index (Phi) is 46.2. The highest BCUT2D eigenvalue weighted by molar-refractivity contribution is 5.71. The van der Waals surface area contributed by atoms with Crippen LogP contribution in [0.4, 0.5) is 0 Å². The summed E-state index contributed by atoms with van der Waals surface area (Å²) in [6.45, 7) is 9.04. The molecule has 6 heteroatoms. The third-order valence-electron chi connectivity index (χ3n) is 12.4. The van der Waals surface area contributed by atoms with Crippen LogP contribution in [0, 0.1) is 5.92 Å². The van der Waals surface area contributed by atoms with E-state index in [-0.39, 0.29) is 31.1 Å². The zero-order chi connectivity index (χ0) is 43.1. The van der Waals surface area contributed by atoms with E-state index in [2.05, 4.69) is 27.7 Å². The van der Waals surface area contributed by atoms with Gasteiger partial charge in [-0.05, 0) is 25.2 Å². The lowest BCUT2D eigenvalue weighted by Crippen LogP contribution is -2.30. The van der Waals surface area contributed by atoms with Crippen molar-refractivity contribution in [2.45, 2.75) is 303 Å². The van der Waals surface area contributed by atoms with Gasteiger partial charge in [-0.2, -0.15) is 0 Å². The largest absolute Gasteiger partial charge is 0.462 e. The molecule has 2 atom stereocenters. The van der Waals surface area contributed by atoms with Gasteiger partial charge in [0.1, 0.15) is 13.2 Å². The Bertz CT molecular complexity index is 889. The number of esters is 3. The Labute approximate surface area is 368 Å². The van der Waals surface area contributed by atoms with Crippen molar-refractivity contribution in [1.82, 2.24) is 0 Å². The van der Waals surface area contributed by atoms with Crippen LogP contribution in [0.25, 0.3) is 0 Å². The van der Waals surface area contributed by atoms with Crippen LogP contribution in [0.1, 0.15) is 297 Å². The van der Waals surface area contributed by atoms with Gasteiger partial charge in [0, 0.05) is 19.3 Å². The number of carbonyl (C=O) groups is 3. The summed E-state index contributed by atoms with van der Waals surface area (Å²) in [7, 11) is 0. The van der Waals surface area contributed by atoms with Gasteiger partial charge in [0.25, 0.3) is 0 Å². The van der Waals surface area contributed by atoms with Gasteiger partial charge >= 0.3 is 17.9 Å². The lowest BCUT2D eigenvalue weighted by atomic mass is 9.99. The van der Waals surface area contributed by atoms with Crippen molar-refractivity contribution in [1.29, 1.82) is 0 Å². The van der Waals surface area contributed by atoms with Crippen LogP contribution in [0.3, 0.4) is 0 Å². The summed E-state index contributed by atoms with van der Waals surface area (Å²) < 4.78 is 16.7. The molecule has 0 aliphatic heterocycles. The molecule has 0 amide bonds. The molecule has 0 aromatic carbocycles. The van der Waals surface area contributed by atoms with E-state index in [1.54, 1.807) is 0 Å². The fourth-order valence-corrected chi connectivity index (χ4v) is 8.01. The Morgan fingerprint density at radius 3 is 0.881 bits per heavy atom. The maximum Gasteiger partial charge on any atom is 0.306 e. The molecule has 0 fully saturated rings. The van der Waals surface area contributed by atoms with Crippen LogP contribution >= 0.6 is 0 Å². The highest BCUT2D eigenvalue weighted by Gasteiger charge is 2.19. The monoisotopic (exact) mass is 835 g/mol. The van der Waals surface area contributed by atoms with Crippen molar-refractivity contribution in [3.05, 3.63) is 0 Å². The Balaban J connectivity index is 4.10. The molecule has 0 radical (unpaired) electrons. The first-order chi connectivity index (χ1) is 28.9. The molecule has 350 valence electrons. The predicted molar refractivity (Wildman–Crippen MR) is 252 cm³/mol. The van der Waals surface area contributed by atoms with E-state index in [1.807, 2.05) is 0 Å². The second kappa shape index (κ2) is 47.5. The molecular formula is C53H102O6. The summed E-state index contributed by atoms with van der Waals surface area (Å²) in [6.07, 6.45) is 49.6. The third-order valence-corrected chi connectivity index (χ3v) is 12.4. The molecule has 0 aromatic rings. The van der Waals surface area contributed by atoms with E-state index < -0.39 is 6.10 Å². The molecule has 0 spiro atoms. The smallest absolute Gasteiger partial charge is 0.306 e. The van der Waals surface area contributed by atoms with Gasteiger partial charge in [-0.3, -0.25) is 14.4 Å². The molecular weight excluding hydrogens is 733 g/mol. The topological polar surface area (TPSA) is 78.9 Å². The first kappa shape index (κ1) is 57.4. The molecule has 6 nitrogen and oxygen atoms in total. The van der Waals surface area contributed by atoms with E-state index in [1.165, 1.54) is 193 Å². The molecule has 0 saturated heterocycles. The highest BCUT2D eigenvalue weighted by Crippen LogP contribution is 2.18. The number of rotatable bonds is 48. The predicted octanol–water partition coefficient (Wildman–Crippen LogP) is 17.1. The molecule has 0 rings (SSSR count). The molecule has 0 saturated carbocycles. The van der Waals surface area contributed by atoms with E-state index in [4.69, 9.17) is 14.2 Å². The van der Waals surface area contributed by atoms with Gasteiger partial charge in [-0.1, -0.05) is 259 Å². The molecule has 0 N–H and O–H groups in total. The number of hydrogen-bond donors (Lipinski definition) is 0. The standard InChI is InChI=1S/C53H102O6/c1-5-8-10-12-14-15-16-26-30-34-38-42-46-53(56)59-50(47-57-51(54)44-40-36-31-13-11-9-6-2)48-58-52(55)45-41-37-33-29-27-24-22-20-18-17-19-21-23-25-28-32-35-39-43-49(4)7-3/h49-50H,5-48H2,1-4H3/t49?,50-/m1/s1. The van der Waals surface area contributed by atoms with Crippen LogP contribution < -0.4 is 0 Å². The highest BCUT2D eigenvalue weighted by atomic mass is 16.6. The summed E-state index contributed by atoms with van der Waals surface area (Å²) in [5, 5.41) is 0. The van der Waals surface area contributed by atoms with Crippen LogP contribution in [0.2, 0.25) is 0 Å². The van der Waals surface area contributed by atoms with Crippen molar-refractivity contribution in [2.75, 3.05) is 13.2 Å². The SMILES string of the molecule is CCCCCCCCCCCCCCC(=O)O[C@H](COC(=O)CCCCCCCCC)COC(=O)CCCCCCCCCCCCCCCCCCCCC(C)CC. The van der Waals surface area contributed by atoms with Gasteiger partial charge in [0.05, 0.1) is 0 Å². The number of carbonyl (C=O) groups excluding carboxylic acids is 3. The first-order valence-electron chi connectivity index (χ1n) is 26.4. The average Bonchev–Trinajstić information content (AvgIpc) is 3.23. The summed E-state index contributed by atoms with van der Waals surface area (Å²) in [5.74, 6) is 0.0587. The first-order valence-corrected chi connectivity index (χ1v) is 26.4. The minimum Gasteiger partial charge on any atom is -0.462 e. The van der Waals surface area contributed by atoms with Crippen molar-refractivity contribution < 1.29 is 28.6 Å². The molecule has 0 aromatic heterocycles. The third kappa shape index (κ3) is 45.8. The fourth-order valence-electron chi connectivity index (χ4n) is 8.01. The maximum absolute atomic E-state index is 12.7. The van der Waals surface area contributed by atoms with Gasteiger partial charge in [0.15, 0.2) is 6.10 Å². The summed E-state index contributed by atoms with van der Waals surface area (Å²) >= 11 is 0. The zero-order valence-corrected chi connectivity index (χ0v) is 40.2. The second-order valence-electron chi connectivity index (χ2n) is 18.4. The average molecular weight is 835 g/mol. The molecule has 59 heavy (non-hydrogen) atoms. The van der Waals surface area contributed by atoms with E-state index in [0.717, 1.165) is 63.7 Å². The molecule has 0 heterocycles. The lowest BCUT2D eigenvalue weighted by Gasteiger charge is -2.18. The second-order valence-corrected chi connectivity index (χ2v) is 18.4. The van der Waals surface area contributed by atoms with Crippen LogP contribution in [0.5, 0.6) is 0 Å². The number of unbranched alkanes of at least 4 members (excludes halogenated alkanes) is 34. The summed E-state index contributed by atoms with van der Waals surface area (Å²) in [4.78, 5) is 37.7. The maximum atomic E-state index is 12.7. The zero-order valence-electron chi connectivity index (χ0n) is 40.2.